The van der Waals surface area contributed by atoms with Crippen LogP contribution in [0.25, 0.3) is 0 Å². The van der Waals surface area contributed by atoms with Gasteiger partial charge in [-0.2, -0.15) is 0 Å². The molecule has 2 rings (SSSR count). The van der Waals surface area contributed by atoms with Crippen molar-refractivity contribution in [3.63, 3.8) is 0 Å². The Morgan fingerprint density at radius 1 is 1.06 bits per heavy atom. The Hall–Kier alpha value is 0.210. The van der Waals surface area contributed by atoms with E-state index >= 15 is 0 Å². The molecule has 1 atom stereocenters. The van der Waals surface area contributed by atoms with Gasteiger partial charge >= 0.3 is 0 Å². The lowest BCUT2D eigenvalue weighted by Gasteiger charge is -2.40. The van der Waals surface area contributed by atoms with Crippen molar-refractivity contribution in [3.05, 3.63) is 0 Å². The third kappa shape index (κ3) is 3.61. The highest BCUT2D eigenvalue weighted by molar-refractivity contribution is 5.85. The zero-order valence-electron chi connectivity index (χ0n) is 11.0. The number of nitrogens with one attached hydrogen (secondary N) is 1. The van der Waals surface area contributed by atoms with E-state index in [1.165, 1.54) is 52.0 Å². The van der Waals surface area contributed by atoms with Gasteiger partial charge in [0.25, 0.3) is 0 Å². The Morgan fingerprint density at radius 3 is 2.19 bits per heavy atom. The highest BCUT2D eigenvalue weighted by Gasteiger charge is 2.33. The molecular formula is C13H27ClN2. The summed E-state index contributed by atoms with van der Waals surface area (Å²) in [5.74, 6) is 0. The fourth-order valence-electron chi connectivity index (χ4n) is 2.86. The van der Waals surface area contributed by atoms with Crippen molar-refractivity contribution in [2.24, 2.45) is 10.8 Å². The van der Waals surface area contributed by atoms with Crippen molar-refractivity contribution in [2.75, 3.05) is 32.7 Å². The molecule has 0 aromatic carbocycles. The average Bonchev–Trinajstić information content (AvgIpc) is 2.57. The molecule has 96 valence electrons. The monoisotopic (exact) mass is 246 g/mol. The lowest BCUT2D eigenvalue weighted by Crippen LogP contribution is -2.43. The Morgan fingerprint density at radius 2 is 1.69 bits per heavy atom. The molecule has 1 unspecified atom stereocenters. The summed E-state index contributed by atoms with van der Waals surface area (Å²) in [6.07, 6.45) is 4.10. The first-order chi connectivity index (χ1) is 6.99. The first kappa shape index (κ1) is 14.3. The summed E-state index contributed by atoms with van der Waals surface area (Å²) in [4.78, 5) is 2.68. The molecule has 0 amide bonds. The number of rotatable bonds is 2. The van der Waals surface area contributed by atoms with Crippen molar-refractivity contribution in [1.82, 2.24) is 10.2 Å². The van der Waals surface area contributed by atoms with Crippen LogP contribution in [0.4, 0.5) is 0 Å². The number of nitrogens with zero attached hydrogens (tertiary/aromatic N) is 1. The van der Waals surface area contributed by atoms with E-state index in [0.717, 1.165) is 0 Å². The number of halogens is 1. The van der Waals surface area contributed by atoms with Crippen molar-refractivity contribution < 1.29 is 0 Å². The molecule has 2 saturated heterocycles. The molecule has 16 heavy (non-hydrogen) atoms. The molecule has 1 N–H and O–H groups in total. The smallest absolute Gasteiger partial charge is 0.00480 e. The lowest BCUT2D eigenvalue weighted by molar-refractivity contribution is 0.0952. The van der Waals surface area contributed by atoms with E-state index < -0.39 is 0 Å². The molecule has 0 aromatic heterocycles. The van der Waals surface area contributed by atoms with Gasteiger partial charge in [-0.15, -0.1) is 12.4 Å². The summed E-state index contributed by atoms with van der Waals surface area (Å²) in [5, 5.41) is 3.49. The highest BCUT2D eigenvalue weighted by atomic mass is 35.5. The Kier molecular flexibility index (Phi) is 4.67. The molecular weight excluding hydrogens is 220 g/mol. The summed E-state index contributed by atoms with van der Waals surface area (Å²) in [6, 6.07) is 0. The van der Waals surface area contributed by atoms with Crippen LogP contribution in [0.15, 0.2) is 0 Å². The first-order valence-electron chi connectivity index (χ1n) is 6.42. The molecule has 0 radical (unpaired) electrons. The van der Waals surface area contributed by atoms with Crippen LogP contribution in [0.5, 0.6) is 0 Å². The van der Waals surface area contributed by atoms with Gasteiger partial charge in [-0.05, 0) is 49.7 Å². The SMILES string of the molecule is CC1(C)CCN(CC2(C)CCNC2)CC1.Cl. The minimum absolute atomic E-state index is 0. The van der Waals surface area contributed by atoms with E-state index in [1.807, 2.05) is 0 Å². The third-order valence-corrected chi connectivity index (χ3v) is 4.27. The summed E-state index contributed by atoms with van der Waals surface area (Å²) >= 11 is 0. The van der Waals surface area contributed by atoms with Crippen LogP contribution in [0.3, 0.4) is 0 Å². The van der Waals surface area contributed by atoms with Gasteiger partial charge < -0.3 is 10.2 Å². The number of hydrogen-bond acceptors (Lipinski definition) is 2. The van der Waals surface area contributed by atoms with Gasteiger partial charge in [-0.1, -0.05) is 20.8 Å². The topological polar surface area (TPSA) is 15.3 Å². The van der Waals surface area contributed by atoms with Crippen LogP contribution in [-0.4, -0.2) is 37.6 Å². The van der Waals surface area contributed by atoms with Crippen LogP contribution in [-0.2, 0) is 0 Å². The maximum Gasteiger partial charge on any atom is 0.00480 e. The summed E-state index contributed by atoms with van der Waals surface area (Å²) < 4.78 is 0. The van der Waals surface area contributed by atoms with Crippen molar-refractivity contribution in [2.45, 2.75) is 40.0 Å². The largest absolute Gasteiger partial charge is 0.316 e. The van der Waals surface area contributed by atoms with Crippen LogP contribution in [0.2, 0.25) is 0 Å². The fraction of sp³-hybridized carbons (Fsp3) is 1.00. The van der Waals surface area contributed by atoms with Crippen molar-refractivity contribution in [1.29, 1.82) is 0 Å². The fourth-order valence-corrected chi connectivity index (χ4v) is 2.86. The molecule has 2 aliphatic heterocycles. The molecule has 2 aliphatic rings. The minimum Gasteiger partial charge on any atom is -0.316 e. The van der Waals surface area contributed by atoms with E-state index in [0.29, 0.717) is 10.8 Å². The number of hydrogen-bond donors (Lipinski definition) is 1. The van der Waals surface area contributed by atoms with Gasteiger partial charge in [0.1, 0.15) is 0 Å². The second-order valence-corrected chi connectivity index (χ2v) is 6.68. The second kappa shape index (κ2) is 5.24. The minimum atomic E-state index is 0. The van der Waals surface area contributed by atoms with Gasteiger partial charge in [-0.25, -0.2) is 0 Å². The van der Waals surface area contributed by atoms with Crippen molar-refractivity contribution in [3.8, 4) is 0 Å². The van der Waals surface area contributed by atoms with Gasteiger partial charge in [-0.3, -0.25) is 0 Å². The summed E-state index contributed by atoms with van der Waals surface area (Å²) in [7, 11) is 0. The predicted octanol–water partition coefficient (Wildman–Crippen LogP) is 2.53. The predicted molar refractivity (Wildman–Crippen MR) is 72.3 cm³/mol. The molecule has 0 saturated carbocycles. The van der Waals surface area contributed by atoms with E-state index in [1.54, 1.807) is 0 Å². The zero-order chi connectivity index (χ0) is 10.9. The average molecular weight is 247 g/mol. The maximum absolute atomic E-state index is 3.49. The van der Waals surface area contributed by atoms with E-state index in [9.17, 15) is 0 Å². The molecule has 2 heterocycles. The van der Waals surface area contributed by atoms with Gasteiger partial charge in [0, 0.05) is 13.1 Å². The summed E-state index contributed by atoms with van der Waals surface area (Å²) in [5.41, 5.74) is 1.13. The quantitative estimate of drug-likeness (QED) is 0.806. The van der Waals surface area contributed by atoms with Crippen LogP contribution < -0.4 is 5.32 Å². The number of piperidine rings is 1. The molecule has 3 heteroatoms. The molecule has 0 spiro atoms. The van der Waals surface area contributed by atoms with Gasteiger partial charge in [0.2, 0.25) is 0 Å². The van der Waals surface area contributed by atoms with Crippen LogP contribution in [0.1, 0.15) is 40.0 Å². The third-order valence-electron chi connectivity index (χ3n) is 4.27. The normalized spacial score (nSPS) is 34.7. The highest BCUT2D eigenvalue weighted by Crippen LogP contribution is 2.32. The van der Waals surface area contributed by atoms with E-state index in [2.05, 4.69) is 31.0 Å². The second-order valence-electron chi connectivity index (χ2n) is 6.68. The Labute approximate surface area is 107 Å². The maximum atomic E-state index is 3.49. The van der Waals surface area contributed by atoms with Crippen LogP contribution in [0, 0.1) is 10.8 Å². The van der Waals surface area contributed by atoms with Gasteiger partial charge in [0.05, 0.1) is 0 Å². The Balaban J connectivity index is 0.00000128. The molecule has 0 aromatic rings. The number of likely N-dealkylation sites (tertiary alicyclic amines) is 1. The van der Waals surface area contributed by atoms with Crippen LogP contribution >= 0.6 is 12.4 Å². The lowest BCUT2D eigenvalue weighted by atomic mass is 9.81. The zero-order valence-corrected chi connectivity index (χ0v) is 11.8. The first-order valence-corrected chi connectivity index (χ1v) is 6.42. The summed E-state index contributed by atoms with van der Waals surface area (Å²) in [6.45, 7) is 13.6. The standard InChI is InChI=1S/C13H26N2.ClH/c1-12(2)5-8-15(9-6-12)11-13(3)4-7-14-10-13;/h14H,4-11H2,1-3H3;1H. The van der Waals surface area contributed by atoms with E-state index in [-0.39, 0.29) is 12.4 Å². The van der Waals surface area contributed by atoms with Crippen molar-refractivity contribution >= 4 is 12.4 Å². The molecule has 0 bridgehead atoms. The molecule has 0 aliphatic carbocycles. The van der Waals surface area contributed by atoms with E-state index in [4.69, 9.17) is 0 Å². The Bertz CT molecular complexity index is 212. The van der Waals surface area contributed by atoms with Gasteiger partial charge in [0.15, 0.2) is 0 Å². The molecule has 2 fully saturated rings. The molecule has 2 nitrogen and oxygen atoms in total.